The van der Waals surface area contributed by atoms with Crippen LogP contribution in [0.2, 0.25) is 0 Å². The van der Waals surface area contributed by atoms with E-state index in [0.717, 1.165) is 16.7 Å². The molecular formula is C26H28O6S. The van der Waals surface area contributed by atoms with Crippen LogP contribution in [-0.2, 0) is 41.7 Å². The second kappa shape index (κ2) is 11.0. The number of rotatable bonds is 10. The van der Waals surface area contributed by atoms with Crippen molar-refractivity contribution in [3.8, 4) is 0 Å². The summed E-state index contributed by atoms with van der Waals surface area (Å²) in [6, 6.07) is 26.2. The molecule has 0 saturated carbocycles. The van der Waals surface area contributed by atoms with Crippen LogP contribution in [-0.4, -0.2) is 39.9 Å². The number of hydrogen-bond donors (Lipinski definition) is 0. The third-order valence-corrected chi connectivity index (χ3v) is 6.79. The van der Waals surface area contributed by atoms with Crippen molar-refractivity contribution in [3.63, 3.8) is 0 Å². The van der Waals surface area contributed by atoms with Crippen LogP contribution in [0.3, 0.4) is 0 Å². The fourth-order valence-electron chi connectivity index (χ4n) is 3.62. The molecule has 3 aromatic carbocycles. The first-order valence-electron chi connectivity index (χ1n) is 10.9. The maximum absolute atomic E-state index is 12.6. The van der Waals surface area contributed by atoms with Gasteiger partial charge in [0.25, 0.3) is 10.1 Å². The normalized spacial score (nSPS) is 20.7. The van der Waals surface area contributed by atoms with Crippen molar-refractivity contribution in [1.29, 1.82) is 0 Å². The van der Waals surface area contributed by atoms with E-state index in [-0.39, 0.29) is 17.6 Å². The Morgan fingerprint density at radius 1 is 0.818 bits per heavy atom. The third kappa shape index (κ3) is 6.50. The molecule has 1 aliphatic heterocycles. The highest BCUT2D eigenvalue weighted by molar-refractivity contribution is 7.86. The highest BCUT2D eigenvalue weighted by Gasteiger charge is 2.40. The lowest BCUT2D eigenvalue weighted by Gasteiger charge is -2.23. The number of ether oxygens (including phenoxy) is 3. The van der Waals surface area contributed by atoms with Crippen LogP contribution in [0.15, 0.2) is 89.8 Å². The molecule has 0 radical (unpaired) electrons. The highest BCUT2D eigenvalue weighted by atomic mass is 32.2. The lowest BCUT2D eigenvalue weighted by Crippen LogP contribution is -2.37. The van der Waals surface area contributed by atoms with Crippen molar-refractivity contribution in [2.45, 2.75) is 43.3 Å². The summed E-state index contributed by atoms with van der Waals surface area (Å²) in [5.41, 5.74) is 3.03. The van der Waals surface area contributed by atoms with Crippen LogP contribution in [0.1, 0.15) is 16.7 Å². The standard InChI is InChI=1S/C26H28O6S/c1-20-12-14-23(15-13-20)33(27,28)32-19-25-26(31-17-22-10-6-3-7-11-22)24(18-30-25)29-16-21-8-4-2-5-9-21/h2-15,24-26H,16-19H2,1H3. The van der Waals surface area contributed by atoms with Crippen molar-refractivity contribution in [2.75, 3.05) is 13.2 Å². The van der Waals surface area contributed by atoms with Gasteiger partial charge in [0, 0.05) is 0 Å². The Balaban J connectivity index is 1.42. The van der Waals surface area contributed by atoms with Crippen LogP contribution in [0.5, 0.6) is 0 Å². The van der Waals surface area contributed by atoms with Gasteiger partial charge in [-0.15, -0.1) is 0 Å². The molecule has 1 aliphatic rings. The van der Waals surface area contributed by atoms with E-state index in [2.05, 4.69) is 0 Å². The molecule has 7 heteroatoms. The zero-order chi connectivity index (χ0) is 23.1. The molecule has 4 rings (SSSR count). The van der Waals surface area contributed by atoms with Gasteiger partial charge >= 0.3 is 0 Å². The minimum absolute atomic E-state index is 0.115. The zero-order valence-corrected chi connectivity index (χ0v) is 19.3. The number of hydrogen-bond acceptors (Lipinski definition) is 6. The molecule has 6 nitrogen and oxygen atoms in total. The second-order valence-electron chi connectivity index (χ2n) is 8.02. The smallest absolute Gasteiger partial charge is 0.297 e. The van der Waals surface area contributed by atoms with Gasteiger partial charge in [-0.25, -0.2) is 0 Å². The van der Waals surface area contributed by atoms with Crippen molar-refractivity contribution < 1.29 is 26.8 Å². The lowest BCUT2D eigenvalue weighted by molar-refractivity contribution is -0.0792. The Kier molecular flexibility index (Phi) is 7.90. The molecule has 3 unspecified atom stereocenters. The van der Waals surface area contributed by atoms with Gasteiger partial charge in [-0.05, 0) is 30.2 Å². The van der Waals surface area contributed by atoms with Crippen LogP contribution < -0.4 is 0 Å². The maximum atomic E-state index is 12.6. The summed E-state index contributed by atoms with van der Waals surface area (Å²) in [6.45, 7) is 2.82. The Morgan fingerprint density at radius 3 is 2.00 bits per heavy atom. The summed E-state index contributed by atoms with van der Waals surface area (Å²) in [5.74, 6) is 0. The predicted octanol–water partition coefficient (Wildman–Crippen LogP) is 4.27. The van der Waals surface area contributed by atoms with Gasteiger partial charge in [0.2, 0.25) is 0 Å². The summed E-state index contributed by atoms with van der Waals surface area (Å²) < 4.78 is 48.7. The highest BCUT2D eigenvalue weighted by Crippen LogP contribution is 2.25. The van der Waals surface area contributed by atoms with Gasteiger partial charge in [-0.3, -0.25) is 4.18 Å². The van der Waals surface area contributed by atoms with E-state index in [1.807, 2.05) is 67.6 Å². The second-order valence-corrected chi connectivity index (χ2v) is 9.64. The van der Waals surface area contributed by atoms with E-state index in [9.17, 15) is 8.42 Å². The SMILES string of the molecule is Cc1ccc(S(=O)(=O)OCC2OCC(OCc3ccccc3)C2OCc2ccccc2)cc1. The minimum atomic E-state index is -3.90. The Labute approximate surface area is 195 Å². The average molecular weight is 469 g/mol. The van der Waals surface area contributed by atoms with E-state index in [1.165, 1.54) is 12.1 Å². The lowest BCUT2D eigenvalue weighted by atomic mass is 10.1. The molecule has 0 N–H and O–H groups in total. The Hall–Kier alpha value is -2.55. The summed E-state index contributed by atoms with van der Waals surface area (Å²) >= 11 is 0. The number of aryl methyl sites for hydroxylation is 1. The molecule has 174 valence electrons. The molecule has 1 fully saturated rings. The first-order valence-corrected chi connectivity index (χ1v) is 12.3. The van der Waals surface area contributed by atoms with Gasteiger partial charge in [0.1, 0.15) is 18.3 Å². The molecule has 0 bridgehead atoms. The van der Waals surface area contributed by atoms with Crippen molar-refractivity contribution in [3.05, 3.63) is 102 Å². The molecule has 33 heavy (non-hydrogen) atoms. The van der Waals surface area contributed by atoms with Crippen LogP contribution in [0, 0.1) is 6.92 Å². The molecule has 3 aromatic rings. The topological polar surface area (TPSA) is 71.1 Å². The molecule has 1 heterocycles. The molecule has 0 amide bonds. The van der Waals surface area contributed by atoms with E-state index >= 15 is 0 Å². The van der Waals surface area contributed by atoms with Crippen molar-refractivity contribution in [1.82, 2.24) is 0 Å². The first kappa shape index (κ1) is 23.6. The number of benzene rings is 3. The molecule has 0 aromatic heterocycles. The fraction of sp³-hybridized carbons (Fsp3) is 0.308. The minimum Gasteiger partial charge on any atom is -0.370 e. The van der Waals surface area contributed by atoms with Gasteiger partial charge in [-0.2, -0.15) is 8.42 Å². The van der Waals surface area contributed by atoms with E-state index in [0.29, 0.717) is 19.8 Å². The van der Waals surface area contributed by atoms with E-state index < -0.39 is 22.3 Å². The van der Waals surface area contributed by atoms with Gasteiger partial charge < -0.3 is 14.2 Å². The quantitative estimate of drug-likeness (QED) is 0.414. The summed E-state index contributed by atoms with van der Waals surface area (Å²) in [4.78, 5) is 0.115. The van der Waals surface area contributed by atoms with Crippen LogP contribution >= 0.6 is 0 Å². The van der Waals surface area contributed by atoms with Crippen molar-refractivity contribution >= 4 is 10.1 Å². The monoisotopic (exact) mass is 468 g/mol. The van der Waals surface area contributed by atoms with Crippen LogP contribution in [0.4, 0.5) is 0 Å². The predicted molar refractivity (Wildman–Crippen MR) is 124 cm³/mol. The Morgan fingerprint density at radius 2 is 1.39 bits per heavy atom. The van der Waals surface area contributed by atoms with Crippen molar-refractivity contribution in [2.24, 2.45) is 0 Å². The average Bonchev–Trinajstić information content (AvgIpc) is 3.23. The van der Waals surface area contributed by atoms with Crippen LogP contribution in [0.25, 0.3) is 0 Å². The largest absolute Gasteiger partial charge is 0.370 e. The molecule has 3 atom stereocenters. The third-order valence-electron chi connectivity index (χ3n) is 5.50. The van der Waals surface area contributed by atoms with Gasteiger partial charge in [0.15, 0.2) is 0 Å². The van der Waals surface area contributed by atoms with E-state index in [4.69, 9.17) is 18.4 Å². The summed E-state index contributed by atoms with van der Waals surface area (Å²) in [6.07, 6.45) is -1.39. The molecule has 1 saturated heterocycles. The van der Waals surface area contributed by atoms with E-state index in [1.54, 1.807) is 12.1 Å². The maximum Gasteiger partial charge on any atom is 0.297 e. The zero-order valence-electron chi connectivity index (χ0n) is 18.5. The Bertz CT molecular complexity index is 1100. The molecular weight excluding hydrogens is 440 g/mol. The van der Waals surface area contributed by atoms with Gasteiger partial charge in [-0.1, -0.05) is 78.4 Å². The fourth-order valence-corrected chi connectivity index (χ4v) is 4.54. The van der Waals surface area contributed by atoms with Gasteiger partial charge in [0.05, 0.1) is 31.3 Å². The summed E-state index contributed by atoms with van der Waals surface area (Å²) in [7, 11) is -3.90. The summed E-state index contributed by atoms with van der Waals surface area (Å²) in [5, 5.41) is 0. The molecule has 0 spiro atoms. The first-order chi connectivity index (χ1) is 16.0. The molecule has 0 aliphatic carbocycles.